The van der Waals surface area contributed by atoms with Crippen LogP contribution in [0.3, 0.4) is 0 Å². The van der Waals surface area contributed by atoms with E-state index in [4.69, 9.17) is 0 Å². The van der Waals surface area contributed by atoms with Gasteiger partial charge in [-0.1, -0.05) is 23.8 Å². The number of rotatable bonds is 9. The van der Waals surface area contributed by atoms with Gasteiger partial charge in [0.15, 0.2) is 0 Å². The van der Waals surface area contributed by atoms with Gasteiger partial charge in [-0.25, -0.2) is 8.42 Å². The predicted octanol–water partition coefficient (Wildman–Crippen LogP) is 3.95. The van der Waals surface area contributed by atoms with E-state index in [0.717, 1.165) is 12.1 Å². The number of nitrogens with zero attached hydrogens (tertiary/aromatic N) is 1. The Kier molecular flexibility index (Phi) is 8.03. The lowest BCUT2D eigenvalue weighted by Gasteiger charge is -2.30. The van der Waals surface area contributed by atoms with Crippen LogP contribution in [0.1, 0.15) is 49.2 Å². The van der Waals surface area contributed by atoms with Crippen LogP contribution in [0.25, 0.3) is 0 Å². The highest BCUT2D eigenvalue weighted by Crippen LogP contribution is 2.21. The second kappa shape index (κ2) is 10.1. The Morgan fingerprint density at radius 2 is 1.57 bits per heavy atom. The summed E-state index contributed by atoms with van der Waals surface area (Å²) in [5.74, 6) is -0.283. The van der Waals surface area contributed by atoms with E-state index in [9.17, 15) is 13.2 Å². The molecule has 30 heavy (non-hydrogen) atoms. The first-order valence-electron chi connectivity index (χ1n) is 10.3. The van der Waals surface area contributed by atoms with E-state index < -0.39 is 10.0 Å². The van der Waals surface area contributed by atoms with Crippen LogP contribution in [0.2, 0.25) is 0 Å². The monoisotopic (exact) mass is 431 g/mol. The van der Waals surface area contributed by atoms with Gasteiger partial charge in [0, 0.05) is 36.4 Å². The summed E-state index contributed by atoms with van der Waals surface area (Å²) in [7, 11) is -3.81. The number of benzene rings is 2. The maximum Gasteiger partial charge on any atom is 0.262 e. The lowest BCUT2D eigenvalue weighted by atomic mass is 10.1. The van der Waals surface area contributed by atoms with Gasteiger partial charge in [-0.05, 0) is 71.4 Å². The molecule has 0 aliphatic heterocycles. The van der Waals surface area contributed by atoms with Gasteiger partial charge in [0.25, 0.3) is 15.9 Å². The van der Waals surface area contributed by atoms with Crippen LogP contribution in [-0.2, 0) is 10.0 Å². The van der Waals surface area contributed by atoms with Crippen molar-refractivity contribution in [3.05, 3.63) is 59.2 Å². The zero-order valence-corrected chi connectivity index (χ0v) is 19.5. The molecule has 0 bridgehead atoms. The number of nitrogens with one attached hydrogen (secondary N) is 2. The van der Waals surface area contributed by atoms with E-state index in [1.54, 1.807) is 31.2 Å². The molecular weight excluding hydrogens is 398 g/mol. The third-order valence-corrected chi connectivity index (χ3v) is 6.55. The Bertz CT molecular complexity index is 960. The molecule has 164 valence electrons. The normalized spacial score (nSPS) is 11.9. The van der Waals surface area contributed by atoms with Crippen LogP contribution in [0.5, 0.6) is 0 Å². The first kappa shape index (κ1) is 23.9. The molecule has 0 aliphatic carbocycles. The molecule has 2 aromatic carbocycles. The van der Waals surface area contributed by atoms with Crippen LogP contribution < -0.4 is 10.0 Å². The SMILES string of the molecule is Cc1ccc(NS(=O)(=O)c2cc(C(=O)NCCN(C(C)C)C(C)C)ccc2C)cc1. The van der Waals surface area contributed by atoms with Crippen molar-refractivity contribution in [2.75, 3.05) is 17.8 Å². The van der Waals surface area contributed by atoms with E-state index >= 15 is 0 Å². The summed E-state index contributed by atoms with van der Waals surface area (Å²) in [5, 5.41) is 2.90. The zero-order valence-electron chi connectivity index (χ0n) is 18.7. The van der Waals surface area contributed by atoms with Crippen molar-refractivity contribution in [3.8, 4) is 0 Å². The highest BCUT2D eigenvalue weighted by molar-refractivity contribution is 7.92. The largest absolute Gasteiger partial charge is 0.351 e. The van der Waals surface area contributed by atoms with Crippen LogP contribution in [-0.4, -0.2) is 44.4 Å². The van der Waals surface area contributed by atoms with Crippen LogP contribution in [0.4, 0.5) is 5.69 Å². The minimum atomic E-state index is -3.81. The summed E-state index contributed by atoms with van der Waals surface area (Å²) < 4.78 is 28.4. The first-order valence-corrected chi connectivity index (χ1v) is 11.7. The molecule has 0 aliphatic rings. The molecule has 2 rings (SSSR count). The average Bonchev–Trinajstić information content (AvgIpc) is 2.66. The summed E-state index contributed by atoms with van der Waals surface area (Å²) in [6, 6.07) is 12.6. The Labute approximate surface area is 180 Å². The first-order chi connectivity index (χ1) is 14.0. The maximum atomic E-state index is 12.9. The van der Waals surface area contributed by atoms with Gasteiger partial charge in [-0.15, -0.1) is 0 Å². The standard InChI is InChI=1S/C23H33N3O3S/c1-16(2)26(17(3)4)14-13-24-23(27)20-10-9-19(6)22(15-20)30(28,29)25-21-11-7-18(5)8-12-21/h7-12,15-17,25H,13-14H2,1-6H3,(H,24,27). The number of hydrogen-bond donors (Lipinski definition) is 2. The topological polar surface area (TPSA) is 78.5 Å². The van der Waals surface area contributed by atoms with Crippen molar-refractivity contribution in [3.63, 3.8) is 0 Å². The summed E-state index contributed by atoms with van der Waals surface area (Å²) in [4.78, 5) is 15.0. The van der Waals surface area contributed by atoms with Gasteiger partial charge in [0.2, 0.25) is 0 Å². The van der Waals surface area contributed by atoms with Crippen molar-refractivity contribution >= 4 is 21.6 Å². The van der Waals surface area contributed by atoms with Crippen LogP contribution in [0, 0.1) is 13.8 Å². The summed E-state index contributed by atoms with van der Waals surface area (Å²) in [6.07, 6.45) is 0. The van der Waals surface area contributed by atoms with Crippen molar-refractivity contribution in [2.45, 2.75) is 58.5 Å². The molecule has 0 saturated heterocycles. The molecule has 7 heteroatoms. The van der Waals surface area contributed by atoms with E-state index in [-0.39, 0.29) is 10.8 Å². The molecule has 0 radical (unpaired) electrons. The Hall–Kier alpha value is -2.38. The number of carbonyl (C=O) groups excluding carboxylic acids is 1. The molecule has 1 amide bonds. The molecule has 2 aromatic rings. The third kappa shape index (κ3) is 6.31. The van der Waals surface area contributed by atoms with Gasteiger partial charge in [-0.2, -0.15) is 0 Å². The fourth-order valence-electron chi connectivity index (χ4n) is 3.38. The Balaban J connectivity index is 2.13. The van der Waals surface area contributed by atoms with Gasteiger partial charge in [0.1, 0.15) is 0 Å². The van der Waals surface area contributed by atoms with Crippen molar-refractivity contribution in [1.82, 2.24) is 10.2 Å². The second-order valence-electron chi connectivity index (χ2n) is 8.13. The minimum absolute atomic E-state index is 0.0988. The minimum Gasteiger partial charge on any atom is -0.351 e. The summed E-state index contributed by atoms with van der Waals surface area (Å²) in [5.41, 5.74) is 2.43. The highest BCUT2D eigenvalue weighted by Gasteiger charge is 2.20. The molecule has 0 unspecified atom stereocenters. The lowest BCUT2D eigenvalue weighted by molar-refractivity contribution is 0.0939. The number of amides is 1. The fraction of sp³-hybridized carbons (Fsp3) is 0.435. The molecule has 6 nitrogen and oxygen atoms in total. The van der Waals surface area contributed by atoms with Gasteiger partial charge in [0.05, 0.1) is 4.90 Å². The van der Waals surface area contributed by atoms with E-state index in [1.165, 1.54) is 6.07 Å². The quantitative estimate of drug-likeness (QED) is 0.630. The molecule has 0 spiro atoms. The van der Waals surface area contributed by atoms with Gasteiger partial charge >= 0.3 is 0 Å². The van der Waals surface area contributed by atoms with E-state index in [1.807, 2.05) is 19.1 Å². The van der Waals surface area contributed by atoms with Crippen LogP contribution >= 0.6 is 0 Å². The maximum absolute atomic E-state index is 12.9. The summed E-state index contributed by atoms with van der Waals surface area (Å²) in [6.45, 7) is 13.4. The molecule has 0 heterocycles. The highest BCUT2D eigenvalue weighted by atomic mass is 32.2. The van der Waals surface area contributed by atoms with E-state index in [2.05, 4.69) is 42.6 Å². The molecule has 0 aromatic heterocycles. The molecule has 0 saturated carbocycles. The molecular formula is C23H33N3O3S. The fourth-order valence-corrected chi connectivity index (χ4v) is 4.71. The lowest BCUT2D eigenvalue weighted by Crippen LogP contribution is -2.42. The number of aryl methyl sites for hydroxylation is 2. The third-order valence-electron chi connectivity index (χ3n) is 5.03. The number of anilines is 1. The van der Waals surface area contributed by atoms with Crippen molar-refractivity contribution < 1.29 is 13.2 Å². The van der Waals surface area contributed by atoms with Gasteiger partial charge < -0.3 is 5.32 Å². The van der Waals surface area contributed by atoms with Crippen molar-refractivity contribution in [2.24, 2.45) is 0 Å². The average molecular weight is 432 g/mol. The van der Waals surface area contributed by atoms with Gasteiger partial charge in [-0.3, -0.25) is 14.4 Å². The second-order valence-corrected chi connectivity index (χ2v) is 9.78. The smallest absolute Gasteiger partial charge is 0.262 e. The Morgan fingerprint density at radius 3 is 2.13 bits per heavy atom. The number of carbonyl (C=O) groups is 1. The number of hydrogen-bond acceptors (Lipinski definition) is 4. The molecule has 2 N–H and O–H groups in total. The molecule has 0 fully saturated rings. The van der Waals surface area contributed by atoms with Crippen molar-refractivity contribution in [1.29, 1.82) is 0 Å². The predicted molar refractivity (Wildman–Crippen MR) is 122 cm³/mol. The molecule has 0 atom stereocenters. The van der Waals surface area contributed by atoms with Crippen LogP contribution in [0.15, 0.2) is 47.4 Å². The summed E-state index contributed by atoms with van der Waals surface area (Å²) >= 11 is 0. The Morgan fingerprint density at radius 1 is 0.967 bits per heavy atom. The zero-order chi connectivity index (χ0) is 22.5. The number of sulfonamides is 1. The van der Waals surface area contributed by atoms with E-state index in [0.29, 0.717) is 35.4 Å².